The second-order valence-electron chi connectivity index (χ2n) is 5.75. The number of amides is 2. The summed E-state index contributed by atoms with van der Waals surface area (Å²) in [6.07, 6.45) is 5.81. The van der Waals surface area contributed by atoms with Gasteiger partial charge >= 0.3 is 0 Å². The highest BCUT2D eigenvalue weighted by Gasteiger charge is 2.48. The number of carbonyl (C=O) groups excluding carboxylic acids is 2. The molecule has 1 N–H and O–H groups in total. The van der Waals surface area contributed by atoms with E-state index in [-0.39, 0.29) is 23.9 Å². The third kappa shape index (κ3) is 2.02. The number of hydrogen-bond donors (Lipinski definition) is 1. The molecule has 2 amide bonds. The molecule has 0 bridgehead atoms. The highest BCUT2D eigenvalue weighted by molar-refractivity contribution is 5.99. The number of piperazine rings is 1. The smallest absolute Gasteiger partial charge is 0.248 e. The molecule has 2 rings (SSSR count). The standard InChI is InChI=1S/C14H24N2O2/c1-4-11-12(17)15-14(3,5-2)13(18)16(11)10-8-6-7-9-10/h10-11H,4-9H2,1-3H3,(H,15,17). The SMILES string of the molecule is CCC1C(=O)NC(C)(CC)C(=O)N1C1CCCC1. The van der Waals surface area contributed by atoms with Crippen LogP contribution in [0.25, 0.3) is 0 Å². The number of carbonyl (C=O) groups is 2. The van der Waals surface area contributed by atoms with Gasteiger partial charge in [-0.2, -0.15) is 0 Å². The van der Waals surface area contributed by atoms with E-state index in [1.807, 2.05) is 25.7 Å². The zero-order chi connectivity index (χ0) is 13.3. The second-order valence-corrected chi connectivity index (χ2v) is 5.75. The Labute approximate surface area is 109 Å². The molecule has 1 heterocycles. The summed E-state index contributed by atoms with van der Waals surface area (Å²) >= 11 is 0. The van der Waals surface area contributed by atoms with Gasteiger partial charge in [0.15, 0.2) is 0 Å². The zero-order valence-electron chi connectivity index (χ0n) is 11.7. The maximum atomic E-state index is 12.7. The third-order valence-corrected chi connectivity index (χ3v) is 4.56. The highest BCUT2D eigenvalue weighted by atomic mass is 16.2. The van der Waals surface area contributed by atoms with Crippen molar-refractivity contribution in [3.63, 3.8) is 0 Å². The minimum Gasteiger partial charge on any atom is -0.340 e. The number of nitrogens with zero attached hydrogens (tertiary/aromatic N) is 1. The summed E-state index contributed by atoms with van der Waals surface area (Å²) in [5.74, 6) is 0.136. The maximum Gasteiger partial charge on any atom is 0.248 e. The van der Waals surface area contributed by atoms with Gasteiger partial charge in [0.25, 0.3) is 0 Å². The van der Waals surface area contributed by atoms with Crippen molar-refractivity contribution in [1.29, 1.82) is 0 Å². The summed E-state index contributed by atoms with van der Waals surface area (Å²) in [5, 5.41) is 2.92. The van der Waals surface area contributed by atoms with Crippen LogP contribution in [0.15, 0.2) is 0 Å². The van der Waals surface area contributed by atoms with Gasteiger partial charge in [-0.3, -0.25) is 9.59 Å². The Morgan fingerprint density at radius 1 is 1.28 bits per heavy atom. The molecule has 1 aliphatic carbocycles. The predicted octanol–water partition coefficient (Wildman–Crippen LogP) is 1.83. The first kappa shape index (κ1) is 13.4. The molecule has 0 spiro atoms. The van der Waals surface area contributed by atoms with E-state index in [4.69, 9.17) is 0 Å². The fraction of sp³-hybridized carbons (Fsp3) is 0.857. The molecule has 0 aromatic rings. The number of nitrogens with one attached hydrogen (secondary N) is 1. The monoisotopic (exact) mass is 252 g/mol. The third-order valence-electron chi connectivity index (χ3n) is 4.56. The lowest BCUT2D eigenvalue weighted by Crippen LogP contribution is -2.70. The van der Waals surface area contributed by atoms with Crippen LogP contribution < -0.4 is 5.32 Å². The van der Waals surface area contributed by atoms with Crippen molar-refractivity contribution < 1.29 is 9.59 Å². The Hall–Kier alpha value is -1.06. The summed E-state index contributed by atoms with van der Waals surface area (Å²) in [6, 6.07) is 0.0135. The fourth-order valence-corrected chi connectivity index (χ4v) is 3.19. The van der Waals surface area contributed by atoms with Crippen LogP contribution in [-0.4, -0.2) is 34.3 Å². The van der Waals surface area contributed by atoms with Crippen LogP contribution in [-0.2, 0) is 9.59 Å². The van der Waals surface area contributed by atoms with Crippen molar-refractivity contribution in [3.8, 4) is 0 Å². The Morgan fingerprint density at radius 2 is 1.89 bits per heavy atom. The largest absolute Gasteiger partial charge is 0.340 e. The summed E-state index contributed by atoms with van der Waals surface area (Å²) in [7, 11) is 0. The summed E-state index contributed by atoms with van der Waals surface area (Å²) in [6.45, 7) is 5.78. The average molecular weight is 252 g/mol. The van der Waals surface area contributed by atoms with Crippen LogP contribution >= 0.6 is 0 Å². The molecule has 2 atom stereocenters. The molecule has 102 valence electrons. The van der Waals surface area contributed by atoms with Crippen LogP contribution in [0, 0.1) is 0 Å². The lowest BCUT2D eigenvalue weighted by Gasteiger charge is -2.46. The first-order valence-corrected chi connectivity index (χ1v) is 7.18. The van der Waals surface area contributed by atoms with Gasteiger partial charge in [-0.25, -0.2) is 0 Å². The lowest BCUT2D eigenvalue weighted by atomic mass is 9.89. The van der Waals surface area contributed by atoms with Gasteiger partial charge in [0.1, 0.15) is 11.6 Å². The van der Waals surface area contributed by atoms with Gasteiger partial charge in [-0.1, -0.05) is 26.7 Å². The van der Waals surface area contributed by atoms with E-state index >= 15 is 0 Å². The number of hydrogen-bond acceptors (Lipinski definition) is 2. The van der Waals surface area contributed by atoms with Gasteiger partial charge in [0, 0.05) is 6.04 Å². The predicted molar refractivity (Wildman–Crippen MR) is 70.0 cm³/mol. The molecule has 4 nitrogen and oxygen atoms in total. The highest BCUT2D eigenvalue weighted by Crippen LogP contribution is 2.31. The van der Waals surface area contributed by atoms with Gasteiger partial charge in [-0.05, 0) is 32.6 Å². The maximum absolute atomic E-state index is 12.7. The Kier molecular flexibility index (Phi) is 3.64. The fourth-order valence-electron chi connectivity index (χ4n) is 3.19. The quantitative estimate of drug-likeness (QED) is 0.833. The van der Waals surface area contributed by atoms with E-state index < -0.39 is 5.54 Å². The molecule has 2 unspecified atom stereocenters. The van der Waals surface area contributed by atoms with Crippen molar-refractivity contribution >= 4 is 11.8 Å². The molecule has 0 aromatic heterocycles. The van der Waals surface area contributed by atoms with E-state index in [1.54, 1.807) is 0 Å². The molecule has 1 saturated carbocycles. The van der Waals surface area contributed by atoms with E-state index in [0.717, 1.165) is 12.8 Å². The molecule has 2 aliphatic rings. The van der Waals surface area contributed by atoms with Gasteiger partial charge < -0.3 is 10.2 Å². The minimum absolute atomic E-state index is 0.0216. The average Bonchev–Trinajstić information content (AvgIpc) is 2.86. The van der Waals surface area contributed by atoms with E-state index in [9.17, 15) is 9.59 Å². The van der Waals surface area contributed by atoms with E-state index in [0.29, 0.717) is 12.8 Å². The van der Waals surface area contributed by atoms with Crippen molar-refractivity contribution in [2.24, 2.45) is 0 Å². The molecular formula is C14H24N2O2. The molecule has 0 aromatic carbocycles. The van der Waals surface area contributed by atoms with Crippen LogP contribution in [0.4, 0.5) is 0 Å². The van der Waals surface area contributed by atoms with Crippen molar-refractivity contribution in [2.45, 2.75) is 76.9 Å². The Morgan fingerprint density at radius 3 is 2.39 bits per heavy atom. The van der Waals surface area contributed by atoms with Crippen LogP contribution in [0.5, 0.6) is 0 Å². The summed E-state index contributed by atoms with van der Waals surface area (Å²) in [5.41, 5.74) is -0.703. The van der Waals surface area contributed by atoms with Crippen LogP contribution in [0.2, 0.25) is 0 Å². The van der Waals surface area contributed by atoms with Crippen LogP contribution in [0.3, 0.4) is 0 Å². The van der Waals surface area contributed by atoms with Crippen LogP contribution in [0.1, 0.15) is 59.3 Å². The van der Waals surface area contributed by atoms with Gasteiger partial charge in [-0.15, -0.1) is 0 Å². The molecular weight excluding hydrogens is 228 g/mol. The zero-order valence-corrected chi connectivity index (χ0v) is 11.7. The minimum atomic E-state index is -0.703. The Balaban J connectivity index is 2.30. The molecule has 0 radical (unpaired) electrons. The Bertz CT molecular complexity index is 350. The van der Waals surface area contributed by atoms with Gasteiger partial charge in [0.05, 0.1) is 0 Å². The van der Waals surface area contributed by atoms with E-state index in [2.05, 4.69) is 5.32 Å². The number of rotatable bonds is 3. The van der Waals surface area contributed by atoms with Crippen molar-refractivity contribution in [2.75, 3.05) is 0 Å². The molecule has 2 fully saturated rings. The second kappa shape index (κ2) is 4.90. The molecule has 1 saturated heterocycles. The summed E-state index contributed by atoms with van der Waals surface area (Å²) in [4.78, 5) is 26.8. The van der Waals surface area contributed by atoms with Gasteiger partial charge in [0.2, 0.25) is 11.8 Å². The molecule has 4 heteroatoms. The molecule has 18 heavy (non-hydrogen) atoms. The first-order valence-electron chi connectivity index (χ1n) is 7.18. The lowest BCUT2D eigenvalue weighted by molar-refractivity contribution is -0.157. The van der Waals surface area contributed by atoms with E-state index in [1.165, 1.54) is 12.8 Å². The normalized spacial score (nSPS) is 33.9. The molecule has 1 aliphatic heterocycles. The first-order chi connectivity index (χ1) is 8.53. The topological polar surface area (TPSA) is 49.4 Å². The van der Waals surface area contributed by atoms with Crippen molar-refractivity contribution in [3.05, 3.63) is 0 Å². The summed E-state index contributed by atoms with van der Waals surface area (Å²) < 4.78 is 0. The van der Waals surface area contributed by atoms with Crippen molar-refractivity contribution in [1.82, 2.24) is 10.2 Å².